The molecule has 0 bridgehead atoms. The molecule has 0 fully saturated rings. The molecule has 4 nitrogen and oxygen atoms in total. The molecule has 24 heavy (non-hydrogen) atoms. The number of aliphatic hydroxyl groups is 1. The van der Waals surface area contributed by atoms with Crippen molar-refractivity contribution in [2.24, 2.45) is 0 Å². The van der Waals surface area contributed by atoms with Crippen molar-refractivity contribution in [3.8, 4) is 0 Å². The average Bonchev–Trinajstić information content (AvgIpc) is 2.86. The molecule has 0 aliphatic heterocycles. The Morgan fingerprint density at radius 2 is 2.04 bits per heavy atom. The van der Waals surface area contributed by atoms with E-state index in [0.29, 0.717) is 17.5 Å². The number of carbonyl (C=O) groups is 1. The SMILES string of the molecule is Cc1ccc(C(C)NC(=O)N[C@@H]2c3ccccc3C[C@@H]2O)cc1F. The number of urea groups is 1. The van der Waals surface area contributed by atoms with Gasteiger partial charge in [0.2, 0.25) is 0 Å². The predicted molar refractivity (Wildman–Crippen MR) is 90.1 cm³/mol. The van der Waals surface area contributed by atoms with Crippen LogP contribution in [0.4, 0.5) is 9.18 Å². The van der Waals surface area contributed by atoms with Crippen LogP contribution in [0.1, 0.15) is 41.3 Å². The fourth-order valence-electron chi connectivity index (χ4n) is 3.09. The summed E-state index contributed by atoms with van der Waals surface area (Å²) in [4.78, 5) is 12.3. The van der Waals surface area contributed by atoms with Crippen LogP contribution in [0.5, 0.6) is 0 Å². The lowest BCUT2D eigenvalue weighted by Gasteiger charge is -2.21. The molecule has 3 N–H and O–H groups in total. The van der Waals surface area contributed by atoms with Crippen molar-refractivity contribution in [2.45, 2.75) is 38.5 Å². The normalized spacial score (nSPS) is 20.3. The quantitative estimate of drug-likeness (QED) is 0.810. The summed E-state index contributed by atoms with van der Waals surface area (Å²) in [5.41, 5.74) is 3.25. The molecular weight excluding hydrogens is 307 g/mol. The number of nitrogens with one attached hydrogen (secondary N) is 2. The number of aliphatic hydroxyl groups excluding tert-OH is 1. The molecule has 1 aliphatic carbocycles. The third-order valence-electron chi connectivity index (χ3n) is 4.53. The van der Waals surface area contributed by atoms with Gasteiger partial charge in [-0.2, -0.15) is 0 Å². The summed E-state index contributed by atoms with van der Waals surface area (Å²) >= 11 is 0. The standard InChI is InChI=1S/C19H21FN2O2/c1-11-7-8-13(9-16(11)20)12(2)21-19(24)22-18-15-6-4-3-5-14(15)10-17(18)23/h3-9,12,17-18,23H,10H2,1-2H3,(H2,21,22,24)/t12?,17-,18+/m0/s1. The number of halogens is 1. The molecule has 0 radical (unpaired) electrons. The van der Waals surface area contributed by atoms with Crippen LogP contribution in [-0.4, -0.2) is 17.2 Å². The highest BCUT2D eigenvalue weighted by Crippen LogP contribution is 2.31. The molecule has 2 aromatic carbocycles. The first-order valence-corrected chi connectivity index (χ1v) is 8.04. The summed E-state index contributed by atoms with van der Waals surface area (Å²) in [5.74, 6) is -0.290. The van der Waals surface area contributed by atoms with E-state index in [1.807, 2.05) is 24.3 Å². The number of amides is 2. The summed E-state index contributed by atoms with van der Waals surface area (Å²) in [6.07, 6.45) is -0.111. The van der Waals surface area contributed by atoms with Crippen LogP contribution < -0.4 is 10.6 Å². The van der Waals surface area contributed by atoms with Crippen LogP contribution in [0.15, 0.2) is 42.5 Å². The molecular formula is C19H21FN2O2. The zero-order chi connectivity index (χ0) is 17.3. The van der Waals surface area contributed by atoms with Crippen LogP contribution in [0.3, 0.4) is 0 Å². The third-order valence-corrected chi connectivity index (χ3v) is 4.53. The van der Waals surface area contributed by atoms with Gasteiger partial charge in [-0.3, -0.25) is 0 Å². The molecule has 0 saturated heterocycles. The zero-order valence-corrected chi connectivity index (χ0v) is 13.7. The van der Waals surface area contributed by atoms with Gasteiger partial charge in [0.15, 0.2) is 0 Å². The van der Waals surface area contributed by atoms with Crippen LogP contribution >= 0.6 is 0 Å². The van der Waals surface area contributed by atoms with Gasteiger partial charge in [-0.15, -0.1) is 0 Å². The number of benzene rings is 2. The summed E-state index contributed by atoms with van der Waals surface area (Å²) < 4.78 is 13.7. The van der Waals surface area contributed by atoms with Crippen molar-refractivity contribution in [1.82, 2.24) is 10.6 Å². The number of rotatable bonds is 3. The molecule has 2 amide bonds. The van der Waals surface area contributed by atoms with Crippen molar-refractivity contribution < 1.29 is 14.3 Å². The highest BCUT2D eigenvalue weighted by molar-refractivity contribution is 5.75. The Balaban J connectivity index is 1.66. The van der Waals surface area contributed by atoms with E-state index >= 15 is 0 Å². The van der Waals surface area contributed by atoms with E-state index in [0.717, 1.165) is 11.1 Å². The molecule has 126 valence electrons. The van der Waals surface area contributed by atoms with Crippen molar-refractivity contribution >= 4 is 6.03 Å². The summed E-state index contributed by atoms with van der Waals surface area (Å²) in [6.45, 7) is 3.49. The molecule has 3 atom stereocenters. The van der Waals surface area contributed by atoms with Gasteiger partial charge < -0.3 is 15.7 Å². The van der Waals surface area contributed by atoms with Gasteiger partial charge in [0.1, 0.15) is 5.82 Å². The molecule has 3 rings (SSSR count). The van der Waals surface area contributed by atoms with Gasteiger partial charge in [-0.25, -0.2) is 9.18 Å². The first kappa shape index (κ1) is 16.5. The predicted octanol–water partition coefficient (Wildman–Crippen LogP) is 3.15. The van der Waals surface area contributed by atoms with Crippen LogP contribution in [0, 0.1) is 12.7 Å². The van der Waals surface area contributed by atoms with Gasteiger partial charge >= 0.3 is 6.03 Å². The van der Waals surface area contributed by atoms with E-state index in [1.165, 1.54) is 6.07 Å². The van der Waals surface area contributed by atoms with Crippen molar-refractivity contribution in [3.05, 3.63) is 70.5 Å². The molecule has 2 aromatic rings. The maximum absolute atomic E-state index is 13.7. The highest BCUT2D eigenvalue weighted by atomic mass is 19.1. The van der Waals surface area contributed by atoms with Gasteiger partial charge in [0, 0.05) is 6.42 Å². The Kier molecular flexibility index (Phi) is 4.53. The lowest BCUT2D eigenvalue weighted by atomic mass is 10.1. The number of aryl methyl sites for hydroxylation is 1. The summed E-state index contributed by atoms with van der Waals surface area (Å²) in [5, 5.41) is 15.8. The third kappa shape index (κ3) is 3.26. The minimum Gasteiger partial charge on any atom is -0.390 e. The fraction of sp³-hybridized carbons (Fsp3) is 0.316. The van der Waals surface area contributed by atoms with Gasteiger partial charge in [-0.1, -0.05) is 36.4 Å². The average molecular weight is 328 g/mol. The fourth-order valence-corrected chi connectivity index (χ4v) is 3.09. The van der Waals surface area contributed by atoms with E-state index < -0.39 is 12.1 Å². The Bertz CT molecular complexity index is 763. The summed E-state index contributed by atoms with van der Waals surface area (Å²) in [6, 6.07) is 11.4. The van der Waals surface area contributed by atoms with E-state index in [-0.39, 0.29) is 17.9 Å². The van der Waals surface area contributed by atoms with Crippen LogP contribution in [-0.2, 0) is 6.42 Å². The lowest BCUT2D eigenvalue weighted by molar-refractivity contribution is 0.142. The second-order valence-electron chi connectivity index (χ2n) is 6.30. The molecule has 5 heteroatoms. The van der Waals surface area contributed by atoms with Crippen molar-refractivity contribution in [1.29, 1.82) is 0 Å². The maximum Gasteiger partial charge on any atom is 0.315 e. The second-order valence-corrected chi connectivity index (χ2v) is 6.30. The minimum atomic E-state index is -0.639. The van der Waals surface area contributed by atoms with Gasteiger partial charge in [0.25, 0.3) is 0 Å². The molecule has 0 saturated carbocycles. The molecule has 0 spiro atoms. The largest absolute Gasteiger partial charge is 0.390 e. The number of hydrogen-bond acceptors (Lipinski definition) is 2. The minimum absolute atomic E-state index is 0.290. The maximum atomic E-state index is 13.7. The Morgan fingerprint density at radius 3 is 2.79 bits per heavy atom. The number of hydrogen-bond donors (Lipinski definition) is 3. The Labute approximate surface area is 140 Å². The molecule has 1 unspecified atom stereocenters. The second kappa shape index (κ2) is 6.61. The van der Waals surface area contributed by atoms with Crippen LogP contribution in [0.2, 0.25) is 0 Å². The monoisotopic (exact) mass is 328 g/mol. The van der Waals surface area contributed by atoms with E-state index in [2.05, 4.69) is 10.6 Å². The lowest BCUT2D eigenvalue weighted by Crippen LogP contribution is -2.41. The first-order valence-electron chi connectivity index (χ1n) is 8.04. The smallest absolute Gasteiger partial charge is 0.315 e. The van der Waals surface area contributed by atoms with Crippen LogP contribution in [0.25, 0.3) is 0 Å². The van der Waals surface area contributed by atoms with Gasteiger partial charge in [-0.05, 0) is 42.2 Å². The Hall–Kier alpha value is -2.40. The van der Waals surface area contributed by atoms with Crippen molar-refractivity contribution in [3.63, 3.8) is 0 Å². The number of carbonyl (C=O) groups excluding carboxylic acids is 1. The topological polar surface area (TPSA) is 61.4 Å². The molecule has 0 heterocycles. The van der Waals surface area contributed by atoms with E-state index in [1.54, 1.807) is 26.0 Å². The van der Waals surface area contributed by atoms with E-state index in [4.69, 9.17) is 0 Å². The zero-order valence-electron chi connectivity index (χ0n) is 13.7. The summed E-state index contributed by atoms with van der Waals surface area (Å²) in [7, 11) is 0. The van der Waals surface area contributed by atoms with E-state index in [9.17, 15) is 14.3 Å². The van der Waals surface area contributed by atoms with Gasteiger partial charge in [0.05, 0.1) is 18.2 Å². The van der Waals surface area contributed by atoms with Crippen molar-refractivity contribution in [2.75, 3.05) is 0 Å². The molecule has 0 aromatic heterocycles. The number of fused-ring (bicyclic) bond motifs is 1. The molecule has 1 aliphatic rings. The first-order chi connectivity index (χ1) is 11.5. The highest BCUT2D eigenvalue weighted by Gasteiger charge is 2.32. The Morgan fingerprint density at radius 1 is 1.29 bits per heavy atom.